The van der Waals surface area contributed by atoms with Crippen LogP contribution in [0.15, 0.2) is 54.6 Å². The molecule has 0 saturated heterocycles. The lowest BCUT2D eigenvalue weighted by Gasteiger charge is -2.15. The van der Waals surface area contributed by atoms with E-state index in [1.807, 2.05) is 50.0 Å². The van der Waals surface area contributed by atoms with Crippen LogP contribution in [0, 0.1) is 13.8 Å². The zero-order valence-electron chi connectivity index (χ0n) is 25.8. The van der Waals surface area contributed by atoms with Crippen molar-refractivity contribution in [2.24, 2.45) is 7.05 Å². The molecule has 2 aromatic heterocycles. The summed E-state index contributed by atoms with van der Waals surface area (Å²) in [7, 11) is 3.94. The molecule has 0 aliphatic rings. The van der Waals surface area contributed by atoms with Gasteiger partial charge in [-0.3, -0.25) is 4.68 Å². The van der Waals surface area contributed by atoms with E-state index >= 15 is 0 Å². The Kier molecular flexibility index (Phi) is 9.88. The van der Waals surface area contributed by atoms with Crippen LogP contribution in [0.4, 0.5) is 0 Å². The largest absolute Gasteiger partial charge is 0.493 e. The first-order valence-electron chi connectivity index (χ1n) is 15.1. The molecule has 0 bridgehead atoms. The van der Waals surface area contributed by atoms with Gasteiger partial charge in [0.25, 0.3) is 0 Å². The lowest BCUT2D eigenvalue weighted by Crippen LogP contribution is -2.17. The number of halogens is 1. The molecule has 1 N–H and O–H groups in total. The summed E-state index contributed by atoms with van der Waals surface area (Å²) in [5.74, 6) is 0.603. The van der Waals surface area contributed by atoms with Crippen LogP contribution in [0.5, 0.6) is 5.75 Å². The predicted molar refractivity (Wildman–Crippen MR) is 179 cm³/mol. The Bertz CT molecular complexity index is 1750. The van der Waals surface area contributed by atoms with E-state index in [0.29, 0.717) is 37.2 Å². The van der Waals surface area contributed by atoms with Crippen molar-refractivity contribution in [2.75, 3.05) is 26.8 Å². The number of hydrogen-bond donors (Lipinski definition) is 1. The summed E-state index contributed by atoms with van der Waals surface area (Å²) in [4.78, 5) is 13.7. The lowest BCUT2D eigenvalue weighted by molar-refractivity contribution is 0.0512. The second kappa shape index (κ2) is 13.8. The maximum absolute atomic E-state index is 13.7. The molecule has 8 heteroatoms. The highest BCUT2D eigenvalue weighted by molar-refractivity contribution is 9.08. The summed E-state index contributed by atoms with van der Waals surface area (Å²) in [5, 5.41) is 12.1. The Balaban J connectivity index is 1.61. The van der Waals surface area contributed by atoms with Crippen LogP contribution in [0.25, 0.3) is 32.8 Å². The van der Waals surface area contributed by atoms with Gasteiger partial charge in [-0.2, -0.15) is 5.10 Å². The monoisotopic (exact) mass is 644 g/mol. The number of carbonyl (C=O) groups excluding carboxylic acids is 1. The van der Waals surface area contributed by atoms with Crippen molar-refractivity contribution in [3.8, 4) is 16.9 Å². The third-order valence-electron chi connectivity index (χ3n) is 8.18. The number of nitrogens with one attached hydrogen (secondary N) is 1. The van der Waals surface area contributed by atoms with Crippen LogP contribution in [-0.4, -0.2) is 47.1 Å². The fraction of sp³-hybridized carbons (Fsp3) is 0.371. The van der Waals surface area contributed by atoms with E-state index in [0.717, 1.165) is 80.5 Å². The van der Waals surface area contributed by atoms with E-state index in [4.69, 9.17) is 14.6 Å². The maximum atomic E-state index is 13.7. The van der Waals surface area contributed by atoms with Crippen LogP contribution in [0.2, 0.25) is 0 Å². The second-order valence-electron chi connectivity index (χ2n) is 10.9. The normalized spacial score (nSPS) is 11.5. The molecular weight excluding hydrogens is 604 g/mol. The third kappa shape index (κ3) is 6.08. The Morgan fingerprint density at radius 1 is 1.00 bits per heavy atom. The van der Waals surface area contributed by atoms with E-state index in [1.165, 1.54) is 0 Å². The van der Waals surface area contributed by atoms with Crippen LogP contribution < -0.4 is 10.1 Å². The summed E-state index contributed by atoms with van der Waals surface area (Å²) in [5.41, 5.74) is 8.22. The fourth-order valence-corrected chi connectivity index (χ4v) is 6.50. The minimum Gasteiger partial charge on any atom is -0.493 e. The van der Waals surface area contributed by atoms with Gasteiger partial charge in [-0.15, -0.1) is 0 Å². The summed E-state index contributed by atoms with van der Waals surface area (Å²) in [6, 6.07) is 18.8. The summed E-state index contributed by atoms with van der Waals surface area (Å²) >= 11 is 3.67. The molecular formula is C35H41BrN4O3. The van der Waals surface area contributed by atoms with Crippen LogP contribution in [0.3, 0.4) is 0 Å². The number of fused-ring (bicyclic) bond motifs is 2. The Labute approximate surface area is 262 Å². The average molecular weight is 646 g/mol. The molecule has 43 heavy (non-hydrogen) atoms. The smallest absolute Gasteiger partial charge is 0.355 e. The molecule has 0 atom stereocenters. The van der Waals surface area contributed by atoms with Crippen molar-refractivity contribution in [1.82, 2.24) is 19.7 Å². The Hall–Kier alpha value is -3.62. The van der Waals surface area contributed by atoms with Crippen molar-refractivity contribution in [2.45, 2.75) is 51.9 Å². The highest BCUT2D eigenvalue weighted by atomic mass is 79.9. The number of aryl methyl sites for hydroxylation is 4. The predicted octanol–water partition coefficient (Wildman–Crippen LogP) is 7.50. The molecule has 0 aliphatic carbocycles. The van der Waals surface area contributed by atoms with Crippen molar-refractivity contribution in [3.05, 3.63) is 82.8 Å². The number of ether oxygens (including phenoxy) is 2. The van der Waals surface area contributed by atoms with Gasteiger partial charge in [-0.25, -0.2) is 4.79 Å². The first kappa shape index (κ1) is 30.8. The van der Waals surface area contributed by atoms with E-state index in [1.54, 1.807) is 0 Å². The summed E-state index contributed by atoms with van der Waals surface area (Å²) in [6.45, 7) is 8.51. The number of rotatable bonds is 13. The number of benzene rings is 3. The molecule has 5 aromatic rings. The number of hydrogen-bond acceptors (Lipinski definition) is 5. The molecule has 0 unspecified atom stereocenters. The van der Waals surface area contributed by atoms with Crippen LogP contribution in [0.1, 0.15) is 52.8 Å². The van der Waals surface area contributed by atoms with Gasteiger partial charge in [-0.1, -0.05) is 64.5 Å². The minimum absolute atomic E-state index is 0.277. The molecule has 3 aromatic carbocycles. The van der Waals surface area contributed by atoms with E-state index in [-0.39, 0.29) is 5.97 Å². The number of aromatic nitrogens is 3. The molecule has 2 heterocycles. The van der Waals surface area contributed by atoms with Gasteiger partial charge >= 0.3 is 5.97 Å². The van der Waals surface area contributed by atoms with Gasteiger partial charge in [0.2, 0.25) is 0 Å². The number of carbonyl (C=O) groups is 1. The van der Waals surface area contributed by atoms with Gasteiger partial charge in [0.15, 0.2) is 0 Å². The van der Waals surface area contributed by atoms with Gasteiger partial charge in [-0.05, 0) is 76.2 Å². The van der Waals surface area contributed by atoms with Gasteiger partial charge in [0.05, 0.1) is 24.4 Å². The zero-order chi connectivity index (χ0) is 30.5. The number of nitrogens with zero attached hydrogens (tertiary/aromatic N) is 3. The fourth-order valence-electron chi connectivity index (χ4n) is 6.11. The van der Waals surface area contributed by atoms with Crippen LogP contribution in [-0.2, 0) is 30.1 Å². The first-order chi connectivity index (χ1) is 20.9. The zero-order valence-corrected chi connectivity index (χ0v) is 27.4. The van der Waals surface area contributed by atoms with E-state index in [9.17, 15) is 4.79 Å². The summed E-state index contributed by atoms with van der Waals surface area (Å²) in [6.07, 6.45) is 2.32. The minimum atomic E-state index is -0.277. The van der Waals surface area contributed by atoms with Crippen molar-refractivity contribution in [1.29, 1.82) is 0 Å². The number of alkyl halides is 1. The van der Waals surface area contributed by atoms with Crippen molar-refractivity contribution in [3.63, 3.8) is 0 Å². The molecule has 0 fully saturated rings. The maximum Gasteiger partial charge on any atom is 0.355 e. The van der Waals surface area contributed by atoms with Gasteiger partial charge in [0, 0.05) is 46.5 Å². The lowest BCUT2D eigenvalue weighted by atomic mass is 9.94. The molecule has 0 saturated carbocycles. The summed E-state index contributed by atoms with van der Waals surface area (Å²) < 4.78 is 16.1. The molecule has 0 aliphatic heterocycles. The number of esters is 1. The Morgan fingerprint density at radius 2 is 1.79 bits per heavy atom. The quantitative estimate of drug-likeness (QED) is 0.0816. The highest BCUT2D eigenvalue weighted by Gasteiger charge is 2.28. The van der Waals surface area contributed by atoms with E-state index < -0.39 is 0 Å². The SMILES string of the molecule is CCOC(=O)c1c(CCCOc2cccc3ccccc23)c2ccc(C)c(-c3c(CBr)nn(C)c3C)c2n1CCCNC. The molecule has 7 nitrogen and oxygen atoms in total. The second-order valence-corrected chi connectivity index (χ2v) is 11.5. The first-order valence-corrected chi connectivity index (χ1v) is 16.2. The molecule has 5 rings (SSSR count). The standard InChI is InChI=1S/C35H41BrN4O3/c1-6-42-35(41)34-27(15-10-21-43-30-16-9-13-25-12-7-8-14-26(25)30)28-18-17-23(2)31(33(28)40(34)20-11-19-37-4)32-24(3)39(5)38-29(32)22-36/h7-9,12-14,16-18,37H,6,10-11,15,19-22H2,1-5H3. The van der Waals surface area contributed by atoms with Gasteiger partial charge < -0.3 is 19.4 Å². The average Bonchev–Trinajstić information content (AvgIpc) is 3.48. The van der Waals surface area contributed by atoms with Crippen LogP contribution >= 0.6 is 15.9 Å². The molecule has 0 amide bonds. The third-order valence-corrected chi connectivity index (χ3v) is 8.71. The highest BCUT2D eigenvalue weighted by Crippen LogP contribution is 2.41. The topological polar surface area (TPSA) is 70.3 Å². The molecule has 0 spiro atoms. The van der Waals surface area contributed by atoms with E-state index in [2.05, 4.69) is 70.0 Å². The molecule has 0 radical (unpaired) electrons. The van der Waals surface area contributed by atoms with Crippen molar-refractivity contribution < 1.29 is 14.3 Å². The Morgan fingerprint density at radius 3 is 2.56 bits per heavy atom. The molecule has 226 valence electrons. The van der Waals surface area contributed by atoms with Gasteiger partial charge in [0.1, 0.15) is 11.4 Å². The van der Waals surface area contributed by atoms with Crippen molar-refractivity contribution >= 4 is 43.6 Å².